The van der Waals surface area contributed by atoms with Gasteiger partial charge in [-0.1, -0.05) is 17.8 Å². The van der Waals surface area contributed by atoms with Crippen LogP contribution in [0.1, 0.15) is 18.4 Å². The van der Waals surface area contributed by atoms with Crippen molar-refractivity contribution in [3.8, 4) is 0 Å². The summed E-state index contributed by atoms with van der Waals surface area (Å²) in [7, 11) is 0. The first-order chi connectivity index (χ1) is 8.31. The first kappa shape index (κ1) is 11.1. The molecule has 0 spiro atoms. The summed E-state index contributed by atoms with van der Waals surface area (Å²) in [6, 6.07) is 6.36. The molecule has 1 atom stereocenters. The zero-order valence-electron chi connectivity index (χ0n) is 9.99. The van der Waals surface area contributed by atoms with Crippen molar-refractivity contribution in [1.29, 1.82) is 0 Å². The number of H-pyrrole nitrogens is 1. The average Bonchev–Trinajstić information content (AvgIpc) is 2.71. The third-order valence-corrected chi connectivity index (χ3v) is 4.30. The summed E-state index contributed by atoms with van der Waals surface area (Å²) in [4.78, 5) is 8.04. The van der Waals surface area contributed by atoms with E-state index in [4.69, 9.17) is 0 Å². The molecule has 0 amide bonds. The Balaban J connectivity index is 1.80. The summed E-state index contributed by atoms with van der Waals surface area (Å²) in [6.07, 6.45) is 2.56. The van der Waals surface area contributed by atoms with Crippen molar-refractivity contribution in [2.75, 3.05) is 13.1 Å². The molecule has 3 rings (SSSR count). The predicted molar refractivity (Wildman–Crippen MR) is 72.6 cm³/mol. The molecule has 1 aromatic carbocycles. The van der Waals surface area contributed by atoms with Crippen molar-refractivity contribution >= 4 is 22.8 Å². The monoisotopic (exact) mass is 247 g/mol. The van der Waals surface area contributed by atoms with E-state index in [2.05, 4.69) is 40.4 Å². The lowest BCUT2D eigenvalue weighted by Crippen LogP contribution is -2.31. The fourth-order valence-corrected chi connectivity index (χ4v) is 3.36. The fourth-order valence-electron chi connectivity index (χ4n) is 2.23. The topological polar surface area (TPSA) is 40.7 Å². The Bertz CT molecular complexity index is 514. The van der Waals surface area contributed by atoms with Gasteiger partial charge in [-0.05, 0) is 44.0 Å². The summed E-state index contributed by atoms with van der Waals surface area (Å²) in [5.41, 5.74) is 3.50. The molecule has 3 nitrogen and oxygen atoms in total. The van der Waals surface area contributed by atoms with Crippen LogP contribution in [0.15, 0.2) is 23.4 Å². The van der Waals surface area contributed by atoms with E-state index in [1.54, 1.807) is 0 Å². The zero-order valence-corrected chi connectivity index (χ0v) is 10.8. The minimum Gasteiger partial charge on any atom is -0.333 e. The Kier molecular flexibility index (Phi) is 3.07. The maximum absolute atomic E-state index is 4.63. The lowest BCUT2D eigenvalue weighted by atomic mass is 10.2. The molecular formula is C13H17N3S. The first-order valence-electron chi connectivity index (χ1n) is 6.15. The number of aromatic nitrogens is 2. The highest BCUT2D eigenvalue weighted by Crippen LogP contribution is 2.27. The van der Waals surface area contributed by atoms with Crippen LogP contribution in [0.5, 0.6) is 0 Å². The second-order valence-electron chi connectivity index (χ2n) is 4.65. The number of fused-ring (bicyclic) bond motifs is 1. The van der Waals surface area contributed by atoms with E-state index in [1.165, 1.54) is 18.4 Å². The Hall–Kier alpha value is -1.00. The molecule has 2 N–H and O–H groups in total. The van der Waals surface area contributed by atoms with E-state index < -0.39 is 0 Å². The van der Waals surface area contributed by atoms with Gasteiger partial charge in [-0.25, -0.2) is 4.98 Å². The number of nitrogens with one attached hydrogen (secondary N) is 2. The van der Waals surface area contributed by atoms with Crippen LogP contribution in [0.3, 0.4) is 0 Å². The molecule has 2 aromatic rings. The van der Waals surface area contributed by atoms with Crippen molar-refractivity contribution in [2.45, 2.75) is 30.2 Å². The highest BCUT2D eigenvalue weighted by atomic mass is 32.2. The smallest absolute Gasteiger partial charge is 0.166 e. The molecule has 1 aliphatic rings. The molecule has 17 heavy (non-hydrogen) atoms. The van der Waals surface area contributed by atoms with Crippen LogP contribution < -0.4 is 5.32 Å². The minimum absolute atomic E-state index is 0.658. The molecule has 0 saturated carbocycles. The Labute approximate surface area is 105 Å². The Morgan fingerprint density at radius 3 is 3.18 bits per heavy atom. The maximum Gasteiger partial charge on any atom is 0.166 e. The number of aromatic amines is 1. The summed E-state index contributed by atoms with van der Waals surface area (Å²) < 4.78 is 0. The van der Waals surface area contributed by atoms with Crippen LogP contribution in [0.25, 0.3) is 11.0 Å². The standard InChI is InChI=1S/C13H17N3S/c1-9-4-5-11-12(7-9)16-13(15-11)17-10-3-2-6-14-8-10/h4-5,7,10,14H,2-3,6,8H2,1H3,(H,15,16). The van der Waals surface area contributed by atoms with Crippen molar-refractivity contribution in [3.05, 3.63) is 23.8 Å². The molecule has 0 radical (unpaired) electrons. The van der Waals surface area contributed by atoms with Crippen LogP contribution in [0.2, 0.25) is 0 Å². The Morgan fingerprint density at radius 2 is 2.35 bits per heavy atom. The second-order valence-corrected chi connectivity index (χ2v) is 5.94. The number of imidazole rings is 1. The molecule has 0 aliphatic carbocycles. The van der Waals surface area contributed by atoms with Crippen molar-refractivity contribution in [1.82, 2.24) is 15.3 Å². The van der Waals surface area contributed by atoms with Gasteiger partial charge in [0.05, 0.1) is 11.0 Å². The first-order valence-corrected chi connectivity index (χ1v) is 7.03. The highest BCUT2D eigenvalue weighted by molar-refractivity contribution is 7.99. The van der Waals surface area contributed by atoms with Crippen LogP contribution in [0, 0.1) is 6.92 Å². The molecule has 1 unspecified atom stereocenters. The highest BCUT2D eigenvalue weighted by Gasteiger charge is 2.16. The maximum atomic E-state index is 4.63. The number of rotatable bonds is 2. The van der Waals surface area contributed by atoms with E-state index in [0.29, 0.717) is 5.25 Å². The molecule has 90 valence electrons. The van der Waals surface area contributed by atoms with Crippen molar-refractivity contribution in [2.24, 2.45) is 0 Å². The lowest BCUT2D eigenvalue weighted by molar-refractivity contribution is 0.531. The number of hydrogen-bond donors (Lipinski definition) is 2. The Morgan fingerprint density at radius 1 is 1.41 bits per heavy atom. The molecular weight excluding hydrogens is 230 g/mol. The quantitative estimate of drug-likeness (QED) is 0.857. The summed E-state index contributed by atoms with van der Waals surface area (Å²) in [6.45, 7) is 4.37. The van der Waals surface area contributed by atoms with Gasteiger partial charge in [0.2, 0.25) is 0 Å². The van der Waals surface area contributed by atoms with Crippen LogP contribution in [0.4, 0.5) is 0 Å². The minimum atomic E-state index is 0.658. The van der Waals surface area contributed by atoms with Gasteiger partial charge >= 0.3 is 0 Å². The number of thioether (sulfide) groups is 1. The number of benzene rings is 1. The summed E-state index contributed by atoms with van der Waals surface area (Å²) in [5.74, 6) is 0. The van der Waals surface area contributed by atoms with E-state index in [9.17, 15) is 0 Å². The predicted octanol–water partition coefficient (Wildman–Crippen LogP) is 2.72. The van der Waals surface area contributed by atoms with Crippen LogP contribution >= 0.6 is 11.8 Å². The van der Waals surface area contributed by atoms with Gasteiger partial charge < -0.3 is 10.3 Å². The fraction of sp³-hybridized carbons (Fsp3) is 0.462. The van der Waals surface area contributed by atoms with Gasteiger partial charge in [-0.15, -0.1) is 0 Å². The SMILES string of the molecule is Cc1ccc2nc(SC3CCCNC3)[nH]c2c1. The van der Waals surface area contributed by atoms with Gasteiger partial charge in [0.25, 0.3) is 0 Å². The van der Waals surface area contributed by atoms with E-state index >= 15 is 0 Å². The summed E-state index contributed by atoms with van der Waals surface area (Å²) >= 11 is 1.87. The molecule has 1 fully saturated rings. The van der Waals surface area contributed by atoms with Gasteiger partial charge in [0.15, 0.2) is 5.16 Å². The molecule has 1 aliphatic heterocycles. The third kappa shape index (κ3) is 2.48. The van der Waals surface area contributed by atoms with E-state index in [-0.39, 0.29) is 0 Å². The van der Waals surface area contributed by atoms with E-state index in [1.807, 2.05) is 11.8 Å². The third-order valence-electron chi connectivity index (χ3n) is 3.15. The molecule has 2 heterocycles. The number of nitrogens with zero attached hydrogens (tertiary/aromatic N) is 1. The largest absolute Gasteiger partial charge is 0.333 e. The molecule has 4 heteroatoms. The second kappa shape index (κ2) is 4.70. The normalized spacial score (nSPS) is 20.9. The van der Waals surface area contributed by atoms with Gasteiger partial charge in [-0.3, -0.25) is 0 Å². The van der Waals surface area contributed by atoms with E-state index in [0.717, 1.165) is 29.3 Å². The average molecular weight is 247 g/mol. The summed E-state index contributed by atoms with van der Waals surface area (Å²) in [5, 5.41) is 5.15. The van der Waals surface area contributed by atoms with Crippen molar-refractivity contribution in [3.63, 3.8) is 0 Å². The number of aryl methyl sites for hydroxylation is 1. The molecule has 1 aromatic heterocycles. The van der Waals surface area contributed by atoms with Gasteiger partial charge in [-0.2, -0.15) is 0 Å². The molecule has 0 bridgehead atoms. The lowest BCUT2D eigenvalue weighted by Gasteiger charge is -2.20. The van der Waals surface area contributed by atoms with Gasteiger partial charge in [0, 0.05) is 11.8 Å². The van der Waals surface area contributed by atoms with Gasteiger partial charge in [0.1, 0.15) is 0 Å². The van der Waals surface area contributed by atoms with Crippen molar-refractivity contribution < 1.29 is 0 Å². The van der Waals surface area contributed by atoms with Crippen LogP contribution in [-0.4, -0.2) is 28.3 Å². The number of piperidine rings is 1. The zero-order chi connectivity index (χ0) is 11.7. The molecule has 1 saturated heterocycles. The van der Waals surface area contributed by atoms with Crippen LogP contribution in [-0.2, 0) is 0 Å². The number of hydrogen-bond acceptors (Lipinski definition) is 3.